The van der Waals surface area contributed by atoms with E-state index in [2.05, 4.69) is 0 Å². The second kappa shape index (κ2) is 7.09. The monoisotopic (exact) mass is 284 g/mol. The van der Waals surface area contributed by atoms with Gasteiger partial charge in [0.25, 0.3) is 0 Å². The van der Waals surface area contributed by atoms with Crippen LogP contribution in [0.25, 0.3) is 0 Å². The minimum Gasteiger partial charge on any atom is -0.328 e. The fourth-order valence-corrected chi connectivity index (χ4v) is 6.78. The molecule has 0 bridgehead atoms. The van der Waals surface area contributed by atoms with Gasteiger partial charge in [0.2, 0.25) is 14.7 Å². The molecule has 0 saturated carbocycles. The van der Waals surface area contributed by atoms with E-state index in [-0.39, 0.29) is 5.90 Å². The molecule has 0 N–H and O–H groups in total. The van der Waals surface area contributed by atoms with Crippen molar-refractivity contribution < 1.29 is 18.2 Å². The number of hydrogen-bond donors (Lipinski definition) is 0. The van der Waals surface area contributed by atoms with Gasteiger partial charge in [-0.2, -0.15) is 0 Å². The van der Waals surface area contributed by atoms with Crippen LogP contribution in [0, 0.1) is 11.8 Å². The van der Waals surface area contributed by atoms with Crippen LogP contribution in [-0.4, -0.2) is 32.4 Å². The van der Waals surface area contributed by atoms with E-state index in [1.54, 1.807) is 0 Å². The summed E-state index contributed by atoms with van der Waals surface area (Å²) in [7, 11) is -5.63. The summed E-state index contributed by atoms with van der Waals surface area (Å²) in [6.45, 7) is 11.9. The van der Waals surface area contributed by atoms with Crippen molar-refractivity contribution in [2.75, 3.05) is 32.4 Å². The average Bonchev–Trinajstić information content (AvgIpc) is 2.10. The molecule has 0 amide bonds. The Hall–Kier alpha value is 0.380. The van der Waals surface area contributed by atoms with Crippen molar-refractivity contribution in [2.45, 2.75) is 27.7 Å². The van der Waals surface area contributed by atoms with Crippen LogP contribution in [0.3, 0.4) is 0 Å². The predicted molar refractivity (Wildman–Crippen MR) is 73.5 cm³/mol. The minimum absolute atomic E-state index is 0.0272. The molecule has 2 atom stereocenters. The van der Waals surface area contributed by atoms with Crippen molar-refractivity contribution in [3.05, 3.63) is 0 Å². The lowest BCUT2D eigenvalue weighted by molar-refractivity contribution is 0.265. The molecule has 2 unspecified atom stereocenters. The summed E-state index contributed by atoms with van der Waals surface area (Å²) in [5, 5.41) is 0. The van der Waals surface area contributed by atoms with Crippen molar-refractivity contribution in [3.63, 3.8) is 0 Å². The smallest absolute Gasteiger partial charge is 0.209 e. The molecule has 0 aromatic rings. The van der Waals surface area contributed by atoms with Gasteiger partial charge in [0.05, 0.1) is 13.2 Å². The highest BCUT2D eigenvalue weighted by Gasteiger charge is 2.29. The first-order chi connectivity index (χ1) is 7.54. The normalized spacial score (nSPS) is 19.3. The molecule has 0 aliphatic carbocycles. The Morgan fingerprint density at radius 3 is 1.35 bits per heavy atom. The van der Waals surface area contributed by atoms with Crippen molar-refractivity contribution >= 4 is 14.7 Å². The third-order valence-corrected chi connectivity index (χ3v) is 7.38. The zero-order valence-corrected chi connectivity index (χ0v) is 13.6. The summed E-state index contributed by atoms with van der Waals surface area (Å²) in [5.74, 6) is 0.659. The average molecular weight is 284 g/mol. The topological polar surface area (TPSA) is 52.6 Å². The maximum absolute atomic E-state index is 12.1. The minimum atomic E-state index is -2.82. The predicted octanol–water partition coefficient (Wildman–Crippen LogP) is 4.10. The molecule has 6 heteroatoms. The Bertz CT molecular complexity index is 283. The van der Waals surface area contributed by atoms with Crippen LogP contribution in [0.5, 0.6) is 0 Å². The Labute approximate surface area is 105 Å². The molecule has 17 heavy (non-hydrogen) atoms. The Morgan fingerprint density at radius 2 is 1.12 bits per heavy atom. The molecule has 104 valence electrons. The van der Waals surface area contributed by atoms with Gasteiger partial charge in [0.1, 0.15) is 5.90 Å². The fraction of sp³-hybridized carbons (Fsp3) is 1.00. The van der Waals surface area contributed by atoms with Crippen LogP contribution in [0.4, 0.5) is 0 Å². The van der Waals surface area contributed by atoms with E-state index in [1.165, 1.54) is 13.3 Å². The summed E-state index contributed by atoms with van der Waals surface area (Å²) in [5.41, 5.74) is 0. The van der Waals surface area contributed by atoms with E-state index in [0.717, 1.165) is 0 Å². The maximum Gasteiger partial charge on any atom is 0.209 e. The van der Waals surface area contributed by atoms with Gasteiger partial charge in [-0.3, -0.25) is 9.13 Å². The summed E-state index contributed by atoms with van der Waals surface area (Å²) in [6, 6.07) is 0. The lowest BCUT2D eigenvalue weighted by atomic mass is 10.2. The molecular formula is C11H26O4P2. The highest BCUT2D eigenvalue weighted by Crippen LogP contribution is 2.59. The first-order valence-electron chi connectivity index (χ1n) is 5.96. The largest absolute Gasteiger partial charge is 0.328 e. The van der Waals surface area contributed by atoms with Crippen molar-refractivity contribution in [3.8, 4) is 0 Å². The Morgan fingerprint density at radius 1 is 0.824 bits per heavy atom. The van der Waals surface area contributed by atoms with E-state index >= 15 is 0 Å². The molecule has 0 aromatic carbocycles. The SMILES string of the molecule is CC(C)COP(C)(=O)CP(C)(=O)OCC(C)C. The van der Waals surface area contributed by atoms with Gasteiger partial charge < -0.3 is 9.05 Å². The third-order valence-electron chi connectivity index (χ3n) is 1.88. The van der Waals surface area contributed by atoms with Gasteiger partial charge in [-0.05, 0) is 11.8 Å². The van der Waals surface area contributed by atoms with Crippen molar-refractivity contribution in [1.82, 2.24) is 0 Å². The zero-order valence-electron chi connectivity index (χ0n) is 11.8. The first kappa shape index (κ1) is 17.4. The highest BCUT2D eigenvalue weighted by molar-refractivity contribution is 7.75. The number of hydrogen-bond acceptors (Lipinski definition) is 4. The summed E-state index contributed by atoms with van der Waals surface area (Å²) >= 11 is 0. The molecule has 0 spiro atoms. The van der Waals surface area contributed by atoms with Crippen LogP contribution < -0.4 is 0 Å². The van der Waals surface area contributed by atoms with Crippen LogP contribution in [0.1, 0.15) is 27.7 Å². The lowest BCUT2D eigenvalue weighted by Gasteiger charge is -2.20. The van der Waals surface area contributed by atoms with Gasteiger partial charge in [-0.15, -0.1) is 0 Å². The molecule has 0 fully saturated rings. The van der Waals surface area contributed by atoms with E-state index in [0.29, 0.717) is 25.0 Å². The fourth-order valence-electron chi connectivity index (χ4n) is 1.16. The van der Waals surface area contributed by atoms with Crippen LogP contribution in [0.2, 0.25) is 0 Å². The molecule has 0 rings (SSSR count). The first-order valence-corrected chi connectivity index (χ1v) is 10.5. The molecule has 0 aromatic heterocycles. The van der Waals surface area contributed by atoms with Crippen molar-refractivity contribution in [1.29, 1.82) is 0 Å². The van der Waals surface area contributed by atoms with E-state index in [1.807, 2.05) is 27.7 Å². The standard InChI is InChI=1S/C11H26O4P2/c1-10(2)7-14-16(5,12)9-17(6,13)15-8-11(3)4/h10-11H,7-9H2,1-6H3. The summed E-state index contributed by atoms with van der Waals surface area (Å²) in [6.07, 6.45) is 0. The van der Waals surface area contributed by atoms with E-state index < -0.39 is 14.7 Å². The number of rotatable bonds is 8. The van der Waals surface area contributed by atoms with Gasteiger partial charge in [-0.1, -0.05) is 27.7 Å². The van der Waals surface area contributed by atoms with Gasteiger partial charge in [0.15, 0.2) is 0 Å². The highest BCUT2D eigenvalue weighted by atomic mass is 31.2. The quantitative estimate of drug-likeness (QED) is 0.629. The molecule has 0 saturated heterocycles. The van der Waals surface area contributed by atoms with Crippen LogP contribution in [-0.2, 0) is 18.2 Å². The third kappa shape index (κ3) is 10.0. The molecule has 0 radical (unpaired) electrons. The molecular weight excluding hydrogens is 258 g/mol. The Balaban J connectivity index is 4.28. The van der Waals surface area contributed by atoms with Gasteiger partial charge in [-0.25, -0.2) is 0 Å². The van der Waals surface area contributed by atoms with E-state index in [9.17, 15) is 9.13 Å². The molecule has 0 aliphatic rings. The molecule has 4 nitrogen and oxygen atoms in total. The van der Waals surface area contributed by atoms with Crippen LogP contribution in [0.15, 0.2) is 0 Å². The van der Waals surface area contributed by atoms with Crippen LogP contribution >= 0.6 is 14.7 Å². The van der Waals surface area contributed by atoms with Gasteiger partial charge in [0, 0.05) is 13.3 Å². The molecule has 0 heterocycles. The summed E-state index contributed by atoms with van der Waals surface area (Å²) < 4.78 is 34.9. The maximum atomic E-state index is 12.1. The molecule has 0 aliphatic heterocycles. The van der Waals surface area contributed by atoms with Crippen molar-refractivity contribution in [2.24, 2.45) is 11.8 Å². The van der Waals surface area contributed by atoms with Gasteiger partial charge >= 0.3 is 0 Å². The summed E-state index contributed by atoms with van der Waals surface area (Å²) in [4.78, 5) is 0. The zero-order chi connectivity index (χ0) is 13.7. The van der Waals surface area contributed by atoms with E-state index in [4.69, 9.17) is 9.05 Å². The lowest BCUT2D eigenvalue weighted by Crippen LogP contribution is -2.05. The Kier molecular flexibility index (Phi) is 7.25. The second-order valence-corrected chi connectivity index (χ2v) is 11.3. The second-order valence-electron chi connectivity index (χ2n) is 5.55.